The van der Waals surface area contributed by atoms with E-state index in [0.29, 0.717) is 18.0 Å². The highest BCUT2D eigenvalue weighted by Gasteiger charge is 2.21. The zero-order valence-corrected chi connectivity index (χ0v) is 17.7. The summed E-state index contributed by atoms with van der Waals surface area (Å²) in [4.78, 5) is 19.8. The molecule has 0 saturated carbocycles. The maximum absolute atomic E-state index is 12.4. The van der Waals surface area contributed by atoms with Crippen LogP contribution in [-0.2, 0) is 12.0 Å². The van der Waals surface area contributed by atoms with Crippen LogP contribution >= 0.6 is 0 Å². The molecule has 1 aromatic carbocycles. The van der Waals surface area contributed by atoms with E-state index >= 15 is 0 Å². The molecule has 3 aromatic rings. The van der Waals surface area contributed by atoms with E-state index in [0.717, 1.165) is 11.1 Å². The first-order valence-electron chi connectivity index (χ1n) is 9.00. The minimum atomic E-state index is -1.48. The Kier molecular flexibility index (Phi) is 4.78. The lowest BCUT2D eigenvalue weighted by molar-refractivity contribution is 0.543. The summed E-state index contributed by atoms with van der Waals surface area (Å²) < 4.78 is 1.68. The highest BCUT2D eigenvalue weighted by molar-refractivity contribution is 6.83. The van der Waals surface area contributed by atoms with Gasteiger partial charge in [-0.3, -0.25) is 4.79 Å². The molecule has 7 heteroatoms. The van der Waals surface area contributed by atoms with Gasteiger partial charge in [-0.25, -0.2) is 9.67 Å². The summed E-state index contributed by atoms with van der Waals surface area (Å²) in [5.74, 6) is 3.94. The largest absolute Gasteiger partial charge is 0.308 e. The van der Waals surface area contributed by atoms with Crippen molar-refractivity contribution in [3.8, 4) is 11.5 Å². The lowest BCUT2D eigenvalue weighted by atomic mass is 9.96. The van der Waals surface area contributed by atoms with Crippen LogP contribution in [0.2, 0.25) is 19.6 Å². The van der Waals surface area contributed by atoms with Gasteiger partial charge in [-0.15, -0.1) is 10.6 Å². The van der Waals surface area contributed by atoms with Crippen LogP contribution in [0.25, 0.3) is 11.2 Å². The van der Waals surface area contributed by atoms with E-state index < -0.39 is 8.07 Å². The van der Waals surface area contributed by atoms with Gasteiger partial charge >= 0.3 is 0 Å². The molecule has 0 aliphatic heterocycles. The molecule has 140 valence electrons. The average Bonchev–Trinajstić information content (AvgIpc) is 2.96. The van der Waals surface area contributed by atoms with E-state index in [1.807, 2.05) is 45.0 Å². The Labute approximate surface area is 160 Å². The molecular weight excluding hydrogens is 354 g/mol. The molecule has 0 saturated heterocycles. The predicted octanol–water partition coefficient (Wildman–Crippen LogP) is 3.09. The number of benzene rings is 1. The number of H-pyrrole nitrogens is 1. The maximum atomic E-state index is 12.4. The minimum absolute atomic E-state index is 0.258. The normalized spacial score (nSPS) is 12.1. The van der Waals surface area contributed by atoms with Crippen molar-refractivity contribution in [2.75, 3.05) is 0 Å². The van der Waals surface area contributed by atoms with Gasteiger partial charge in [0.15, 0.2) is 11.2 Å². The number of hydrogen-bond acceptors (Lipinski definition) is 4. The van der Waals surface area contributed by atoms with E-state index in [9.17, 15) is 4.79 Å². The summed E-state index contributed by atoms with van der Waals surface area (Å²) in [5.41, 5.74) is 5.64. The number of aromatic nitrogens is 5. The third-order valence-electron chi connectivity index (χ3n) is 3.99. The zero-order valence-electron chi connectivity index (χ0n) is 16.7. The van der Waals surface area contributed by atoms with Crippen LogP contribution in [0.3, 0.4) is 0 Å². The Morgan fingerprint density at radius 1 is 1.19 bits per heavy atom. The smallest absolute Gasteiger partial charge is 0.281 e. The zero-order chi connectivity index (χ0) is 19.8. The molecule has 1 N–H and O–H groups in total. The van der Waals surface area contributed by atoms with Crippen LogP contribution in [-0.4, -0.2) is 33.0 Å². The molecule has 0 radical (unpaired) electrons. The molecule has 27 heavy (non-hydrogen) atoms. The van der Waals surface area contributed by atoms with Gasteiger partial charge in [0.2, 0.25) is 0 Å². The third kappa shape index (κ3) is 4.34. The molecule has 0 spiro atoms. The van der Waals surface area contributed by atoms with Crippen molar-refractivity contribution >= 4 is 19.2 Å². The molecule has 3 rings (SSSR count). The quantitative estimate of drug-likeness (QED) is 0.548. The molecule has 0 aliphatic carbocycles. The standard InChI is InChI=1S/C20H25N5OSi/c1-20(2,3)19-21-17-16(18(26)22-19)23-24-25(17)13-15-10-8-7-9-14(15)11-12-27(4,5)6/h7-10H,13H2,1-6H3,(H,21,22,26). The first-order chi connectivity index (χ1) is 12.5. The van der Waals surface area contributed by atoms with E-state index in [1.54, 1.807) is 4.68 Å². The first kappa shape index (κ1) is 19.0. The van der Waals surface area contributed by atoms with Crippen molar-refractivity contribution in [3.05, 3.63) is 51.6 Å². The second-order valence-electron chi connectivity index (χ2n) is 8.74. The lowest BCUT2D eigenvalue weighted by Gasteiger charge is -2.16. The Morgan fingerprint density at radius 2 is 1.89 bits per heavy atom. The van der Waals surface area contributed by atoms with E-state index in [1.165, 1.54) is 0 Å². The highest BCUT2D eigenvalue weighted by Crippen LogP contribution is 2.19. The van der Waals surface area contributed by atoms with Crippen LogP contribution in [0.5, 0.6) is 0 Å². The summed E-state index contributed by atoms with van der Waals surface area (Å²) in [6.45, 7) is 13.1. The topological polar surface area (TPSA) is 76.5 Å². The summed E-state index contributed by atoms with van der Waals surface area (Å²) >= 11 is 0. The number of nitrogens with zero attached hydrogens (tertiary/aromatic N) is 4. The number of fused-ring (bicyclic) bond motifs is 1. The SMILES string of the molecule is CC(C)(C)c1nc2c(nnn2Cc2ccccc2C#C[Si](C)(C)C)c(=O)[nH]1. The number of hydrogen-bond donors (Lipinski definition) is 1. The number of rotatable bonds is 2. The third-order valence-corrected chi connectivity index (χ3v) is 4.87. The van der Waals surface area contributed by atoms with Crippen LogP contribution in [0.4, 0.5) is 0 Å². The molecule has 0 amide bonds. The fraction of sp³-hybridized carbons (Fsp3) is 0.400. The van der Waals surface area contributed by atoms with Crippen LogP contribution < -0.4 is 5.56 Å². The summed E-state index contributed by atoms with van der Waals surface area (Å²) in [6, 6.07) is 8.01. The van der Waals surface area contributed by atoms with Crippen molar-refractivity contribution in [2.45, 2.75) is 52.4 Å². The number of nitrogens with one attached hydrogen (secondary N) is 1. The van der Waals surface area contributed by atoms with Gasteiger partial charge in [-0.05, 0) is 11.6 Å². The maximum Gasteiger partial charge on any atom is 0.281 e. The molecule has 0 fully saturated rings. The second kappa shape index (κ2) is 6.78. The van der Waals surface area contributed by atoms with Gasteiger partial charge in [0.1, 0.15) is 13.9 Å². The molecular formula is C20H25N5OSi. The summed E-state index contributed by atoms with van der Waals surface area (Å²) in [6.07, 6.45) is 0. The monoisotopic (exact) mass is 379 g/mol. The van der Waals surface area contributed by atoms with Gasteiger partial charge in [-0.1, -0.05) is 69.7 Å². The summed E-state index contributed by atoms with van der Waals surface area (Å²) in [5, 5.41) is 8.20. The molecule has 0 atom stereocenters. The molecule has 2 heterocycles. The van der Waals surface area contributed by atoms with Crippen LogP contribution in [0, 0.1) is 11.5 Å². The van der Waals surface area contributed by atoms with E-state index in [-0.39, 0.29) is 16.5 Å². The number of aromatic amines is 1. The van der Waals surface area contributed by atoms with Crippen molar-refractivity contribution in [1.82, 2.24) is 25.0 Å². The predicted molar refractivity (Wildman–Crippen MR) is 110 cm³/mol. The van der Waals surface area contributed by atoms with E-state index in [2.05, 4.69) is 51.4 Å². The fourth-order valence-electron chi connectivity index (χ4n) is 2.52. The molecule has 6 nitrogen and oxygen atoms in total. The second-order valence-corrected chi connectivity index (χ2v) is 13.5. The van der Waals surface area contributed by atoms with Gasteiger partial charge in [0.05, 0.1) is 6.54 Å². The Morgan fingerprint density at radius 3 is 2.56 bits per heavy atom. The van der Waals surface area contributed by atoms with Crippen molar-refractivity contribution in [3.63, 3.8) is 0 Å². The summed E-state index contributed by atoms with van der Waals surface area (Å²) in [7, 11) is -1.48. The Balaban J connectivity index is 2.07. The minimum Gasteiger partial charge on any atom is -0.308 e. The molecule has 2 aromatic heterocycles. The van der Waals surface area contributed by atoms with E-state index in [4.69, 9.17) is 0 Å². The van der Waals surface area contributed by atoms with Crippen molar-refractivity contribution in [2.24, 2.45) is 0 Å². The lowest BCUT2D eigenvalue weighted by Crippen LogP contribution is -2.22. The Bertz CT molecular complexity index is 1100. The fourth-order valence-corrected chi connectivity index (χ4v) is 3.03. The van der Waals surface area contributed by atoms with Gasteiger partial charge in [0, 0.05) is 11.0 Å². The van der Waals surface area contributed by atoms with Crippen molar-refractivity contribution < 1.29 is 0 Å². The van der Waals surface area contributed by atoms with Gasteiger partial charge < -0.3 is 4.98 Å². The van der Waals surface area contributed by atoms with Gasteiger partial charge in [0.25, 0.3) is 5.56 Å². The highest BCUT2D eigenvalue weighted by atomic mass is 28.3. The van der Waals surface area contributed by atoms with Crippen molar-refractivity contribution in [1.29, 1.82) is 0 Å². The first-order valence-corrected chi connectivity index (χ1v) is 12.5. The Hall–Kier alpha value is -2.72. The van der Waals surface area contributed by atoms with Crippen LogP contribution in [0.1, 0.15) is 37.7 Å². The van der Waals surface area contributed by atoms with Gasteiger partial charge in [-0.2, -0.15) is 0 Å². The molecule has 0 bridgehead atoms. The van der Waals surface area contributed by atoms with Crippen LogP contribution in [0.15, 0.2) is 29.1 Å². The molecule has 0 unspecified atom stereocenters. The average molecular weight is 380 g/mol. The molecule has 0 aliphatic rings.